The summed E-state index contributed by atoms with van der Waals surface area (Å²) < 4.78 is 38.1. The summed E-state index contributed by atoms with van der Waals surface area (Å²) in [5, 5.41) is 0. The van der Waals surface area contributed by atoms with Crippen LogP contribution in [-0.2, 0) is 4.74 Å². The molecule has 0 fully saturated rings. The van der Waals surface area contributed by atoms with Crippen LogP contribution >= 0.6 is 0 Å². The highest BCUT2D eigenvalue weighted by atomic mass is 19.4. The van der Waals surface area contributed by atoms with Crippen LogP contribution in [0.4, 0.5) is 13.2 Å². The minimum atomic E-state index is -4.63. The lowest BCUT2D eigenvalue weighted by atomic mass is 10.4. The molecule has 0 aliphatic carbocycles. The van der Waals surface area contributed by atoms with Gasteiger partial charge in [0, 0.05) is 5.70 Å². The van der Waals surface area contributed by atoms with E-state index in [0.29, 0.717) is 5.70 Å². The summed E-state index contributed by atoms with van der Waals surface area (Å²) in [5.74, 6) is -0.243. The Morgan fingerprint density at radius 1 is 1.25 bits per heavy atom. The summed E-state index contributed by atoms with van der Waals surface area (Å²) in [6.07, 6.45) is -2.14. The molecule has 0 rings (SSSR count). The fourth-order valence-electron chi connectivity index (χ4n) is 0.465. The molecule has 2 N–H and O–H groups in total. The summed E-state index contributed by atoms with van der Waals surface area (Å²) in [6, 6.07) is 0. The Labute approximate surface area is 68.5 Å². The highest BCUT2D eigenvalue weighted by Gasteiger charge is 2.30. The zero-order valence-electron chi connectivity index (χ0n) is 6.77. The fourth-order valence-corrected chi connectivity index (χ4v) is 0.465. The van der Waals surface area contributed by atoms with Crippen LogP contribution in [0.5, 0.6) is 0 Å². The van der Waals surface area contributed by atoms with E-state index in [0.717, 1.165) is 6.08 Å². The van der Waals surface area contributed by atoms with Gasteiger partial charge in [-0.05, 0) is 26.0 Å². The highest BCUT2D eigenvalue weighted by molar-refractivity contribution is 5.09. The molecule has 0 spiro atoms. The van der Waals surface area contributed by atoms with E-state index in [9.17, 15) is 13.2 Å². The average Bonchev–Trinajstić information content (AvgIpc) is 1.79. The zero-order chi connectivity index (χ0) is 9.78. The normalized spacial score (nSPS) is 14.8. The van der Waals surface area contributed by atoms with E-state index in [1.165, 1.54) is 13.0 Å². The molecule has 0 amide bonds. The molecular weight excluding hydrogens is 171 g/mol. The number of rotatable bonds is 2. The van der Waals surface area contributed by atoms with Crippen LogP contribution in [0.15, 0.2) is 23.6 Å². The van der Waals surface area contributed by atoms with Crippen LogP contribution in [0.1, 0.15) is 13.8 Å². The van der Waals surface area contributed by atoms with E-state index in [2.05, 4.69) is 4.74 Å². The van der Waals surface area contributed by atoms with Crippen LogP contribution in [0, 0.1) is 0 Å². The third kappa shape index (κ3) is 6.98. The van der Waals surface area contributed by atoms with Crippen molar-refractivity contribution in [3.63, 3.8) is 0 Å². The summed E-state index contributed by atoms with van der Waals surface area (Å²) in [7, 11) is 0. The van der Waals surface area contributed by atoms with Gasteiger partial charge in [0.05, 0.1) is 0 Å². The molecule has 0 aromatic carbocycles. The molecular formula is C7H10F3NO. The van der Waals surface area contributed by atoms with Crippen LogP contribution in [-0.4, -0.2) is 6.36 Å². The monoisotopic (exact) mass is 181 g/mol. The standard InChI is InChI=1S/C7H10F3NO/c1-5(11)3-4-6(2)12-7(8,9)10/h3-4H,11H2,1-2H3/b5-3+,6-4+. The maximum atomic E-state index is 11.5. The molecule has 0 saturated heterocycles. The molecule has 0 aromatic rings. The van der Waals surface area contributed by atoms with Crippen molar-refractivity contribution in [1.29, 1.82) is 0 Å². The van der Waals surface area contributed by atoms with Crippen molar-refractivity contribution in [3.8, 4) is 0 Å². The van der Waals surface area contributed by atoms with Crippen LogP contribution in [0.2, 0.25) is 0 Å². The van der Waals surface area contributed by atoms with Gasteiger partial charge in [-0.15, -0.1) is 13.2 Å². The van der Waals surface area contributed by atoms with Gasteiger partial charge in [-0.1, -0.05) is 0 Å². The number of ether oxygens (including phenoxy) is 1. The lowest BCUT2D eigenvalue weighted by molar-refractivity contribution is -0.305. The minimum Gasteiger partial charge on any atom is -0.411 e. The summed E-state index contributed by atoms with van der Waals surface area (Å²) in [5.41, 5.74) is 5.60. The number of hydrogen-bond acceptors (Lipinski definition) is 2. The predicted octanol–water partition coefficient (Wildman–Crippen LogP) is 2.29. The molecule has 0 heterocycles. The smallest absolute Gasteiger partial charge is 0.411 e. The largest absolute Gasteiger partial charge is 0.572 e. The number of halogens is 3. The lowest BCUT2D eigenvalue weighted by Gasteiger charge is -2.07. The molecule has 70 valence electrons. The van der Waals surface area contributed by atoms with E-state index in [1.54, 1.807) is 6.92 Å². The lowest BCUT2D eigenvalue weighted by Crippen LogP contribution is -2.11. The summed E-state index contributed by atoms with van der Waals surface area (Å²) >= 11 is 0. The highest BCUT2D eigenvalue weighted by Crippen LogP contribution is 2.20. The Morgan fingerprint density at radius 3 is 2.08 bits per heavy atom. The van der Waals surface area contributed by atoms with E-state index in [4.69, 9.17) is 5.73 Å². The maximum absolute atomic E-state index is 11.5. The van der Waals surface area contributed by atoms with Gasteiger partial charge < -0.3 is 10.5 Å². The molecule has 0 aromatic heterocycles. The first kappa shape index (κ1) is 10.9. The fraction of sp³-hybridized carbons (Fsp3) is 0.429. The molecule has 12 heavy (non-hydrogen) atoms. The molecule has 0 unspecified atom stereocenters. The molecule has 5 heteroatoms. The zero-order valence-corrected chi connectivity index (χ0v) is 6.77. The van der Waals surface area contributed by atoms with Gasteiger partial charge in [0.2, 0.25) is 0 Å². The Kier molecular flexibility index (Phi) is 3.66. The Morgan fingerprint density at radius 2 is 1.75 bits per heavy atom. The van der Waals surface area contributed by atoms with Gasteiger partial charge in [-0.25, -0.2) is 0 Å². The average molecular weight is 181 g/mol. The van der Waals surface area contributed by atoms with Crippen molar-refractivity contribution in [3.05, 3.63) is 23.6 Å². The number of alkyl halides is 3. The third-order valence-corrected chi connectivity index (χ3v) is 0.858. The molecule has 2 nitrogen and oxygen atoms in total. The number of allylic oxidation sites excluding steroid dienone is 4. The molecule has 0 atom stereocenters. The quantitative estimate of drug-likeness (QED) is 0.524. The molecule has 0 aliphatic heterocycles. The minimum absolute atomic E-state index is 0.243. The number of hydrogen-bond donors (Lipinski definition) is 1. The first-order valence-corrected chi connectivity index (χ1v) is 3.17. The van der Waals surface area contributed by atoms with Gasteiger partial charge in [-0.2, -0.15) is 0 Å². The summed E-state index contributed by atoms with van der Waals surface area (Å²) in [4.78, 5) is 0. The second-order valence-electron chi connectivity index (χ2n) is 2.24. The molecule has 0 bridgehead atoms. The molecule has 0 radical (unpaired) electrons. The van der Waals surface area contributed by atoms with E-state index >= 15 is 0 Å². The van der Waals surface area contributed by atoms with Gasteiger partial charge in [0.25, 0.3) is 0 Å². The Balaban J connectivity index is 4.13. The second-order valence-corrected chi connectivity index (χ2v) is 2.24. The second kappa shape index (κ2) is 4.04. The van der Waals surface area contributed by atoms with Crippen molar-refractivity contribution in [2.75, 3.05) is 0 Å². The van der Waals surface area contributed by atoms with Gasteiger partial charge in [0.15, 0.2) is 0 Å². The molecule has 0 aliphatic rings. The van der Waals surface area contributed by atoms with Gasteiger partial charge in [0.1, 0.15) is 5.76 Å². The van der Waals surface area contributed by atoms with E-state index in [-0.39, 0.29) is 5.76 Å². The van der Waals surface area contributed by atoms with Crippen molar-refractivity contribution in [2.45, 2.75) is 20.2 Å². The van der Waals surface area contributed by atoms with Crippen molar-refractivity contribution < 1.29 is 17.9 Å². The van der Waals surface area contributed by atoms with Crippen LogP contribution in [0.25, 0.3) is 0 Å². The van der Waals surface area contributed by atoms with Gasteiger partial charge in [-0.3, -0.25) is 0 Å². The van der Waals surface area contributed by atoms with Crippen LogP contribution in [0.3, 0.4) is 0 Å². The van der Waals surface area contributed by atoms with Crippen molar-refractivity contribution >= 4 is 0 Å². The van der Waals surface area contributed by atoms with Crippen molar-refractivity contribution in [2.24, 2.45) is 5.73 Å². The van der Waals surface area contributed by atoms with Gasteiger partial charge >= 0.3 is 6.36 Å². The SMILES string of the molecule is C/C(N)=C\C=C(/C)OC(F)(F)F. The predicted molar refractivity (Wildman–Crippen MR) is 38.8 cm³/mol. The number of nitrogens with two attached hydrogens (primary N) is 1. The van der Waals surface area contributed by atoms with Crippen LogP contribution < -0.4 is 5.73 Å². The van der Waals surface area contributed by atoms with E-state index < -0.39 is 6.36 Å². The first-order chi connectivity index (χ1) is 5.31. The van der Waals surface area contributed by atoms with E-state index in [1.807, 2.05) is 0 Å². The Bertz CT molecular complexity index is 201. The van der Waals surface area contributed by atoms with Crippen molar-refractivity contribution in [1.82, 2.24) is 0 Å². The Hall–Kier alpha value is -1.13. The summed E-state index contributed by atoms with van der Waals surface area (Å²) in [6.45, 7) is 2.77. The third-order valence-electron chi connectivity index (χ3n) is 0.858. The molecule has 0 saturated carbocycles. The maximum Gasteiger partial charge on any atom is 0.572 e. The first-order valence-electron chi connectivity index (χ1n) is 3.17. The topological polar surface area (TPSA) is 35.2 Å².